The van der Waals surface area contributed by atoms with E-state index in [1.165, 1.54) is 11.3 Å². The molecule has 0 aromatic carbocycles. The van der Waals surface area contributed by atoms with E-state index in [0.29, 0.717) is 11.6 Å². The summed E-state index contributed by atoms with van der Waals surface area (Å²) in [4.78, 5) is 0.788. The topological polar surface area (TPSA) is 29.5 Å². The Hall–Kier alpha value is -0.0900. The fraction of sp³-hybridized carbons (Fsp3) is 0.500. The Morgan fingerprint density at radius 2 is 2.42 bits per heavy atom. The van der Waals surface area contributed by atoms with Crippen LogP contribution >= 0.6 is 22.9 Å². The number of aryl methyl sites for hydroxylation is 1. The molecule has 0 bridgehead atoms. The molecular weight excluding hydrogens is 196 g/mol. The van der Waals surface area contributed by atoms with Crippen molar-refractivity contribution in [1.82, 2.24) is 0 Å². The lowest BCUT2D eigenvalue weighted by Gasteiger charge is -2.07. The van der Waals surface area contributed by atoms with Crippen molar-refractivity contribution in [2.75, 3.05) is 13.7 Å². The number of hydrogen-bond acceptors (Lipinski definition) is 3. The van der Waals surface area contributed by atoms with Gasteiger partial charge in [0.15, 0.2) is 0 Å². The third-order valence-electron chi connectivity index (χ3n) is 1.55. The van der Waals surface area contributed by atoms with Gasteiger partial charge >= 0.3 is 0 Å². The SMILES string of the molecule is COCC(O)c1scc(C)c1Cl. The van der Waals surface area contributed by atoms with E-state index in [-0.39, 0.29) is 0 Å². The van der Waals surface area contributed by atoms with Crippen LogP contribution in [0.25, 0.3) is 0 Å². The minimum absolute atomic E-state index is 0.291. The highest BCUT2D eigenvalue weighted by atomic mass is 35.5. The molecule has 2 nitrogen and oxygen atoms in total. The van der Waals surface area contributed by atoms with Crippen LogP contribution in [0.15, 0.2) is 5.38 Å². The van der Waals surface area contributed by atoms with Crippen LogP contribution < -0.4 is 0 Å². The van der Waals surface area contributed by atoms with Gasteiger partial charge in [0.1, 0.15) is 6.10 Å². The van der Waals surface area contributed by atoms with Gasteiger partial charge in [-0.25, -0.2) is 0 Å². The average molecular weight is 207 g/mol. The van der Waals surface area contributed by atoms with Crippen molar-refractivity contribution in [3.05, 3.63) is 20.8 Å². The van der Waals surface area contributed by atoms with Gasteiger partial charge in [-0.1, -0.05) is 11.6 Å². The van der Waals surface area contributed by atoms with Crippen LogP contribution in [-0.4, -0.2) is 18.8 Å². The molecule has 1 heterocycles. The quantitative estimate of drug-likeness (QED) is 0.823. The molecule has 0 spiro atoms. The zero-order valence-corrected chi connectivity index (χ0v) is 8.58. The molecule has 1 N–H and O–H groups in total. The van der Waals surface area contributed by atoms with Gasteiger partial charge in [0.2, 0.25) is 0 Å². The summed E-state index contributed by atoms with van der Waals surface area (Å²) in [6.07, 6.45) is -0.596. The first-order chi connectivity index (χ1) is 5.66. The van der Waals surface area contributed by atoms with Crippen molar-refractivity contribution >= 4 is 22.9 Å². The summed E-state index contributed by atoms with van der Waals surface area (Å²) in [5.41, 5.74) is 1.01. The number of aliphatic hydroxyl groups is 1. The van der Waals surface area contributed by atoms with E-state index in [1.807, 2.05) is 12.3 Å². The molecule has 0 aliphatic carbocycles. The zero-order valence-electron chi connectivity index (χ0n) is 7.00. The number of aliphatic hydroxyl groups excluding tert-OH is 1. The van der Waals surface area contributed by atoms with E-state index < -0.39 is 6.10 Å². The molecule has 4 heteroatoms. The molecule has 1 aromatic heterocycles. The van der Waals surface area contributed by atoms with Crippen LogP contribution in [0.4, 0.5) is 0 Å². The predicted octanol–water partition coefficient (Wildman–Crippen LogP) is 2.39. The third-order valence-corrected chi connectivity index (χ3v) is 3.37. The van der Waals surface area contributed by atoms with E-state index in [9.17, 15) is 5.11 Å². The lowest BCUT2D eigenvalue weighted by molar-refractivity contribution is 0.0666. The largest absolute Gasteiger partial charge is 0.385 e. The maximum atomic E-state index is 9.52. The molecule has 1 aromatic rings. The maximum absolute atomic E-state index is 9.52. The van der Waals surface area contributed by atoms with Crippen LogP contribution in [-0.2, 0) is 4.74 Å². The number of rotatable bonds is 3. The summed E-state index contributed by atoms with van der Waals surface area (Å²) in [5, 5.41) is 12.1. The van der Waals surface area contributed by atoms with E-state index in [0.717, 1.165) is 10.4 Å². The molecule has 12 heavy (non-hydrogen) atoms. The van der Waals surface area contributed by atoms with Gasteiger partial charge in [0.05, 0.1) is 16.5 Å². The van der Waals surface area contributed by atoms with Crippen LogP contribution in [0.1, 0.15) is 16.5 Å². The number of hydrogen-bond donors (Lipinski definition) is 1. The van der Waals surface area contributed by atoms with Crippen LogP contribution in [0.5, 0.6) is 0 Å². The number of thiophene rings is 1. The Morgan fingerprint density at radius 3 is 2.83 bits per heavy atom. The molecule has 68 valence electrons. The second-order valence-electron chi connectivity index (χ2n) is 2.57. The second-order valence-corrected chi connectivity index (χ2v) is 3.86. The van der Waals surface area contributed by atoms with E-state index >= 15 is 0 Å². The Labute approximate surface area is 80.7 Å². The number of methoxy groups -OCH3 is 1. The molecule has 0 saturated heterocycles. The molecular formula is C8H11ClO2S. The lowest BCUT2D eigenvalue weighted by Crippen LogP contribution is -2.03. The van der Waals surface area contributed by atoms with Gasteiger partial charge in [-0.3, -0.25) is 0 Å². The fourth-order valence-corrected chi connectivity index (χ4v) is 2.20. The predicted molar refractivity (Wildman–Crippen MR) is 50.9 cm³/mol. The zero-order chi connectivity index (χ0) is 9.14. The van der Waals surface area contributed by atoms with E-state index in [4.69, 9.17) is 16.3 Å². The first-order valence-corrected chi connectivity index (χ1v) is 4.83. The average Bonchev–Trinajstić information content (AvgIpc) is 2.34. The maximum Gasteiger partial charge on any atom is 0.113 e. The monoisotopic (exact) mass is 206 g/mol. The molecule has 0 radical (unpaired) electrons. The number of halogens is 1. The van der Waals surface area contributed by atoms with Gasteiger partial charge in [-0.05, 0) is 17.9 Å². The highest BCUT2D eigenvalue weighted by molar-refractivity contribution is 7.10. The second kappa shape index (κ2) is 4.23. The summed E-state index contributed by atoms with van der Waals surface area (Å²) >= 11 is 7.40. The summed E-state index contributed by atoms with van der Waals surface area (Å²) < 4.78 is 4.82. The van der Waals surface area contributed by atoms with Crippen molar-refractivity contribution in [2.24, 2.45) is 0 Å². The first kappa shape index (κ1) is 9.99. The lowest BCUT2D eigenvalue weighted by atomic mass is 10.2. The van der Waals surface area contributed by atoms with Gasteiger partial charge in [0.25, 0.3) is 0 Å². The Morgan fingerprint density at radius 1 is 1.75 bits per heavy atom. The van der Waals surface area contributed by atoms with Crippen molar-refractivity contribution in [3.63, 3.8) is 0 Å². The van der Waals surface area contributed by atoms with Gasteiger partial charge in [-0.2, -0.15) is 0 Å². The normalized spacial score (nSPS) is 13.3. The minimum atomic E-state index is -0.596. The van der Waals surface area contributed by atoms with Crippen molar-refractivity contribution in [1.29, 1.82) is 0 Å². The number of ether oxygens (including phenoxy) is 1. The fourth-order valence-electron chi connectivity index (χ4n) is 0.908. The third kappa shape index (κ3) is 1.98. The van der Waals surface area contributed by atoms with Gasteiger partial charge in [-0.15, -0.1) is 11.3 Å². The van der Waals surface area contributed by atoms with Gasteiger partial charge in [0, 0.05) is 7.11 Å². The summed E-state index contributed by atoms with van der Waals surface area (Å²) in [6, 6.07) is 0. The van der Waals surface area contributed by atoms with Crippen LogP contribution in [0.3, 0.4) is 0 Å². The summed E-state index contributed by atoms with van der Waals surface area (Å²) in [5.74, 6) is 0. The Bertz CT molecular complexity index is 260. The summed E-state index contributed by atoms with van der Waals surface area (Å²) in [6.45, 7) is 2.21. The molecule has 0 amide bonds. The molecule has 0 aliphatic heterocycles. The highest BCUT2D eigenvalue weighted by Crippen LogP contribution is 2.32. The van der Waals surface area contributed by atoms with Crippen molar-refractivity contribution in [2.45, 2.75) is 13.0 Å². The minimum Gasteiger partial charge on any atom is -0.385 e. The molecule has 0 saturated carbocycles. The van der Waals surface area contributed by atoms with E-state index in [2.05, 4.69) is 0 Å². The Balaban J connectivity index is 2.80. The standard InChI is InChI=1S/C8H11ClO2S/c1-5-4-12-8(7(5)9)6(10)3-11-2/h4,6,10H,3H2,1-2H3. The van der Waals surface area contributed by atoms with Crippen molar-refractivity contribution < 1.29 is 9.84 Å². The van der Waals surface area contributed by atoms with Gasteiger partial charge < -0.3 is 9.84 Å². The smallest absolute Gasteiger partial charge is 0.113 e. The molecule has 0 aliphatic rings. The van der Waals surface area contributed by atoms with Crippen LogP contribution in [0, 0.1) is 6.92 Å². The summed E-state index contributed by atoms with van der Waals surface area (Å²) in [7, 11) is 1.55. The highest BCUT2D eigenvalue weighted by Gasteiger charge is 2.14. The van der Waals surface area contributed by atoms with Crippen molar-refractivity contribution in [3.8, 4) is 0 Å². The van der Waals surface area contributed by atoms with Crippen LogP contribution in [0.2, 0.25) is 5.02 Å². The molecule has 0 fully saturated rings. The Kier molecular flexibility index (Phi) is 3.53. The molecule has 1 unspecified atom stereocenters. The first-order valence-electron chi connectivity index (χ1n) is 3.57. The molecule has 1 atom stereocenters. The molecule has 1 rings (SSSR count). The van der Waals surface area contributed by atoms with E-state index in [1.54, 1.807) is 7.11 Å².